The number of nitrogens with zero attached hydrogens (tertiary/aromatic N) is 3. The molecule has 0 aliphatic carbocycles. The molecule has 0 radical (unpaired) electrons. The summed E-state index contributed by atoms with van der Waals surface area (Å²) in [7, 11) is 1.11. The van der Waals surface area contributed by atoms with Crippen LogP contribution in [0.5, 0.6) is 0 Å². The predicted octanol–water partition coefficient (Wildman–Crippen LogP) is 2.92. The van der Waals surface area contributed by atoms with Crippen molar-refractivity contribution in [2.24, 2.45) is 5.10 Å². The van der Waals surface area contributed by atoms with E-state index >= 15 is 0 Å². The van der Waals surface area contributed by atoms with Crippen molar-refractivity contribution >= 4 is 23.4 Å². The zero-order valence-electron chi connectivity index (χ0n) is 11.7. The monoisotopic (exact) mass is 325 g/mol. The first-order chi connectivity index (χ1) is 10.7. The van der Waals surface area contributed by atoms with Gasteiger partial charge in [0.05, 0.1) is 16.1 Å². The number of nitro groups is 1. The molecule has 1 amide bonds. The largest absolute Gasteiger partial charge is 0.435 e. The third-order valence-electron chi connectivity index (χ3n) is 2.97. The standard InChI is InChI=1S/C14H10F3N3O3/c1-19-13(21)10(12(18-19)14(15,16)17)7-4-6-9-5-2-3-8-11(9)20(22)23/h2-8H,1H3/b6-4-,10-7-. The normalized spacial score (nSPS) is 17.2. The highest BCUT2D eigenvalue weighted by atomic mass is 19.4. The molecule has 1 aromatic carbocycles. The van der Waals surface area contributed by atoms with E-state index in [4.69, 9.17) is 0 Å². The van der Waals surface area contributed by atoms with Crippen LogP contribution in [-0.2, 0) is 4.79 Å². The molecule has 0 N–H and O–H groups in total. The predicted molar refractivity (Wildman–Crippen MR) is 76.5 cm³/mol. The topological polar surface area (TPSA) is 75.8 Å². The molecule has 9 heteroatoms. The van der Waals surface area contributed by atoms with Crippen LogP contribution < -0.4 is 0 Å². The number of rotatable bonds is 3. The number of amides is 1. The lowest BCUT2D eigenvalue weighted by atomic mass is 10.1. The second-order valence-corrected chi connectivity index (χ2v) is 4.53. The number of hydrazone groups is 1. The molecule has 0 saturated heterocycles. The van der Waals surface area contributed by atoms with E-state index in [2.05, 4.69) is 5.10 Å². The minimum Gasteiger partial charge on any atom is -0.267 e. The molecule has 1 heterocycles. The van der Waals surface area contributed by atoms with Gasteiger partial charge < -0.3 is 0 Å². The van der Waals surface area contributed by atoms with E-state index in [1.165, 1.54) is 24.3 Å². The van der Waals surface area contributed by atoms with E-state index in [1.54, 1.807) is 6.07 Å². The van der Waals surface area contributed by atoms with Gasteiger partial charge in [0.15, 0.2) is 5.71 Å². The Morgan fingerprint density at radius 3 is 2.57 bits per heavy atom. The molecule has 2 rings (SSSR count). The van der Waals surface area contributed by atoms with Crippen molar-refractivity contribution < 1.29 is 22.9 Å². The molecule has 0 atom stereocenters. The Morgan fingerprint density at radius 1 is 1.30 bits per heavy atom. The maximum Gasteiger partial charge on any atom is 0.435 e. The van der Waals surface area contributed by atoms with Crippen LogP contribution in [0.15, 0.2) is 47.1 Å². The summed E-state index contributed by atoms with van der Waals surface area (Å²) in [6, 6.07) is 5.73. The van der Waals surface area contributed by atoms with Crippen molar-refractivity contribution in [3.8, 4) is 0 Å². The van der Waals surface area contributed by atoms with E-state index in [9.17, 15) is 28.1 Å². The number of carbonyl (C=O) groups is 1. The quantitative estimate of drug-likeness (QED) is 0.487. The Bertz CT molecular complexity index is 751. The zero-order valence-corrected chi connectivity index (χ0v) is 11.7. The molecule has 0 aromatic heterocycles. The van der Waals surface area contributed by atoms with E-state index < -0.39 is 28.3 Å². The van der Waals surface area contributed by atoms with Crippen LogP contribution >= 0.6 is 0 Å². The fourth-order valence-corrected chi connectivity index (χ4v) is 1.93. The molecular weight excluding hydrogens is 315 g/mol. The lowest BCUT2D eigenvalue weighted by Gasteiger charge is -2.04. The van der Waals surface area contributed by atoms with Gasteiger partial charge in [0.1, 0.15) is 0 Å². The zero-order chi connectivity index (χ0) is 17.2. The highest BCUT2D eigenvalue weighted by Gasteiger charge is 2.45. The minimum absolute atomic E-state index is 0.193. The molecule has 0 unspecified atom stereocenters. The second kappa shape index (κ2) is 6.03. The summed E-state index contributed by atoms with van der Waals surface area (Å²) in [6.45, 7) is 0. The molecule has 1 aliphatic rings. The number of hydrogen-bond donors (Lipinski definition) is 0. The third kappa shape index (κ3) is 3.44. The highest BCUT2D eigenvalue weighted by molar-refractivity contribution is 6.26. The average Bonchev–Trinajstić information content (AvgIpc) is 2.76. The van der Waals surface area contributed by atoms with Crippen molar-refractivity contribution in [3.05, 3.63) is 57.7 Å². The summed E-state index contributed by atoms with van der Waals surface area (Å²) in [6.07, 6.45) is -1.42. The van der Waals surface area contributed by atoms with Crippen molar-refractivity contribution in [1.82, 2.24) is 5.01 Å². The number of carbonyl (C=O) groups excluding carboxylic acids is 1. The molecule has 1 aliphatic heterocycles. The summed E-state index contributed by atoms with van der Waals surface area (Å²) < 4.78 is 38.4. The summed E-state index contributed by atoms with van der Waals surface area (Å²) in [5.41, 5.74) is -1.90. The third-order valence-corrected chi connectivity index (χ3v) is 2.97. The Labute approximate surface area is 128 Å². The van der Waals surface area contributed by atoms with E-state index in [1.807, 2.05) is 0 Å². The highest BCUT2D eigenvalue weighted by Crippen LogP contribution is 2.28. The van der Waals surface area contributed by atoms with Gasteiger partial charge in [0, 0.05) is 13.1 Å². The van der Waals surface area contributed by atoms with Crippen molar-refractivity contribution in [2.45, 2.75) is 6.18 Å². The van der Waals surface area contributed by atoms with Crippen molar-refractivity contribution in [1.29, 1.82) is 0 Å². The molecule has 0 saturated carbocycles. The molecule has 6 nitrogen and oxygen atoms in total. The molecule has 0 fully saturated rings. The number of likely N-dealkylation sites (N-methyl/N-ethyl adjacent to an activating group) is 1. The van der Waals surface area contributed by atoms with Crippen LogP contribution in [0, 0.1) is 10.1 Å². The summed E-state index contributed by atoms with van der Waals surface area (Å²) in [4.78, 5) is 21.9. The van der Waals surface area contributed by atoms with Crippen LogP contribution in [0.2, 0.25) is 0 Å². The van der Waals surface area contributed by atoms with Gasteiger partial charge in [-0.15, -0.1) is 0 Å². The van der Waals surface area contributed by atoms with Gasteiger partial charge >= 0.3 is 6.18 Å². The SMILES string of the molecule is CN1N=C(C(F)(F)F)/C(=C/C=C\c2ccccc2[N+](=O)[O-])C1=O. The number of nitro benzene ring substituents is 1. The van der Waals surface area contributed by atoms with Gasteiger partial charge in [-0.2, -0.15) is 18.3 Å². The maximum atomic E-state index is 12.8. The van der Waals surface area contributed by atoms with Gasteiger partial charge in [-0.1, -0.05) is 18.2 Å². The van der Waals surface area contributed by atoms with Gasteiger partial charge in [0.25, 0.3) is 11.6 Å². The van der Waals surface area contributed by atoms with Crippen LogP contribution in [0.1, 0.15) is 5.56 Å². The molecule has 0 spiro atoms. The Hall–Kier alpha value is -2.97. The molecule has 0 bridgehead atoms. The fourth-order valence-electron chi connectivity index (χ4n) is 1.93. The second-order valence-electron chi connectivity index (χ2n) is 4.53. The number of para-hydroxylation sites is 1. The Morgan fingerprint density at radius 2 is 1.96 bits per heavy atom. The lowest BCUT2D eigenvalue weighted by Crippen LogP contribution is -2.24. The maximum absolute atomic E-state index is 12.8. The van der Waals surface area contributed by atoms with Gasteiger partial charge in [0.2, 0.25) is 0 Å². The Balaban J connectivity index is 2.34. The summed E-state index contributed by atoms with van der Waals surface area (Å²) in [5, 5.41) is 14.6. The first-order valence-corrected chi connectivity index (χ1v) is 6.28. The van der Waals surface area contributed by atoms with E-state index in [-0.39, 0.29) is 11.3 Å². The van der Waals surface area contributed by atoms with Crippen molar-refractivity contribution in [2.75, 3.05) is 7.05 Å². The smallest absolute Gasteiger partial charge is 0.267 e. The minimum atomic E-state index is -4.77. The average molecular weight is 325 g/mol. The molecular formula is C14H10F3N3O3. The molecule has 23 heavy (non-hydrogen) atoms. The first kappa shape index (κ1) is 16.4. The van der Waals surface area contributed by atoms with E-state index in [0.717, 1.165) is 19.2 Å². The van der Waals surface area contributed by atoms with Crippen LogP contribution in [0.25, 0.3) is 6.08 Å². The first-order valence-electron chi connectivity index (χ1n) is 6.28. The van der Waals surface area contributed by atoms with Gasteiger partial charge in [-0.3, -0.25) is 14.9 Å². The fraction of sp³-hybridized carbons (Fsp3) is 0.143. The number of halogens is 3. The van der Waals surface area contributed by atoms with Gasteiger partial charge in [-0.25, -0.2) is 5.01 Å². The van der Waals surface area contributed by atoms with Gasteiger partial charge in [-0.05, 0) is 18.2 Å². The number of hydrogen-bond acceptors (Lipinski definition) is 4. The lowest BCUT2D eigenvalue weighted by molar-refractivity contribution is -0.385. The van der Waals surface area contributed by atoms with Crippen LogP contribution in [-0.4, -0.2) is 34.8 Å². The number of allylic oxidation sites excluding steroid dienone is 2. The summed E-state index contributed by atoms with van der Waals surface area (Å²) >= 11 is 0. The number of benzene rings is 1. The van der Waals surface area contributed by atoms with Crippen LogP contribution in [0.4, 0.5) is 18.9 Å². The van der Waals surface area contributed by atoms with E-state index in [0.29, 0.717) is 5.01 Å². The summed E-state index contributed by atoms with van der Waals surface area (Å²) in [5.74, 6) is -0.899. The Kier molecular flexibility index (Phi) is 4.30. The molecule has 120 valence electrons. The van der Waals surface area contributed by atoms with Crippen LogP contribution in [0.3, 0.4) is 0 Å². The van der Waals surface area contributed by atoms with Crippen molar-refractivity contribution in [3.63, 3.8) is 0 Å². The molecule has 1 aromatic rings. The number of alkyl halides is 3.